The molecule has 3 aromatic rings. The summed E-state index contributed by atoms with van der Waals surface area (Å²) in [7, 11) is 0. The third kappa shape index (κ3) is 5.34. The van der Waals surface area contributed by atoms with Gasteiger partial charge < -0.3 is 16.0 Å². The maximum Gasteiger partial charge on any atom is 0.237 e. The second-order valence-electron chi connectivity index (χ2n) is 7.92. The third-order valence-corrected chi connectivity index (χ3v) is 5.77. The number of benzene rings is 1. The summed E-state index contributed by atoms with van der Waals surface area (Å²) in [4.78, 5) is 23.6. The van der Waals surface area contributed by atoms with Crippen molar-refractivity contribution in [3.8, 4) is 0 Å². The van der Waals surface area contributed by atoms with Gasteiger partial charge >= 0.3 is 0 Å². The molecule has 0 fully saturated rings. The van der Waals surface area contributed by atoms with Crippen LogP contribution >= 0.6 is 0 Å². The van der Waals surface area contributed by atoms with Gasteiger partial charge in [0, 0.05) is 32.0 Å². The van der Waals surface area contributed by atoms with Gasteiger partial charge in [0.05, 0.1) is 24.0 Å². The molecule has 0 spiro atoms. The van der Waals surface area contributed by atoms with E-state index in [9.17, 15) is 4.79 Å². The van der Waals surface area contributed by atoms with Crippen LogP contribution in [-0.2, 0) is 30.8 Å². The first kappa shape index (κ1) is 21.2. The fourth-order valence-corrected chi connectivity index (χ4v) is 4.17. The zero-order chi connectivity index (χ0) is 21.5. The summed E-state index contributed by atoms with van der Waals surface area (Å²) in [6.45, 7) is 2.05. The van der Waals surface area contributed by atoms with Crippen LogP contribution in [0.3, 0.4) is 0 Å². The van der Waals surface area contributed by atoms with Gasteiger partial charge in [-0.3, -0.25) is 14.8 Å². The molecule has 2 aromatic heterocycles. The number of rotatable bonds is 8. The number of carbonyl (C=O) groups excluding carboxylic acids is 1. The van der Waals surface area contributed by atoms with Gasteiger partial charge in [-0.2, -0.15) is 0 Å². The molecule has 0 aliphatic heterocycles. The van der Waals surface area contributed by atoms with Gasteiger partial charge in [-0.05, 0) is 54.2 Å². The van der Waals surface area contributed by atoms with Crippen LogP contribution in [0.2, 0.25) is 0 Å². The Morgan fingerprint density at radius 3 is 2.58 bits per heavy atom. The van der Waals surface area contributed by atoms with Crippen molar-refractivity contribution in [1.29, 1.82) is 0 Å². The maximum atomic E-state index is 12.7. The first-order valence-corrected chi connectivity index (χ1v) is 10.9. The zero-order valence-corrected chi connectivity index (χ0v) is 17.7. The maximum absolute atomic E-state index is 12.7. The Kier molecular flexibility index (Phi) is 7.02. The molecule has 3 N–H and O–H groups in total. The molecular formula is C25H29N5O. The molecular weight excluding hydrogens is 386 g/mol. The van der Waals surface area contributed by atoms with Gasteiger partial charge in [0.1, 0.15) is 0 Å². The number of hydrogen-bond acceptors (Lipinski definition) is 5. The number of aromatic nitrogens is 2. The van der Waals surface area contributed by atoms with Crippen molar-refractivity contribution in [2.24, 2.45) is 5.73 Å². The van der Waals surface area contributed by atoms with E-state index in [2.05, 4.69) is 45.6 Å². The van der Waals surface area contributed by atoms with Crippen LogP contribution in [-0.4, -0.2) is 27.3 Å². The normalized spacial score (nSPS) is 15.3. The smallest absolute Gasteiger partial charge is 0.237 e. The number of aryl methyl sites for hydroxylation is 1. The average molecular weight is 416 g/mol. The molecule has 160 valence electrons. The molecule has 4 rings (SSSR count). The Hall–Kier alpha value is -3.09. The number of nitrogens with zero attached hydrogens (tertiary/aromatic N) is 3. The van der Waals surface area contributed by atoms with Crippen molar-refractivity contribution in [2.45, 2.75) is 44.9 Å². The highest BCUT2D eigenvalue weighted by atomic mass is 16.2. The Balaban J connectivity index is 1.42. The van der Waals surface area contributed by atoms with Crippen molar-refractivity contribution in [3.05, 3.63) is 95.1 Å². The quantitative estimate of drug-likeness (QED) is 0.591. The van der Waals surface area contributed by atoms with Gasteiger partial charge in [-0.15, -0.1) is 0 Å². The lowest BCUT2D eigenvalue weighted by atomic mass is 9.90. The second kappa shape index (κ2) is 10.3. The van der Waals surface area contributed by atoms with Crippen molar-refractivity contribution in [2.75, 3.05) is 6.54 Å². The predicted molar refractivity (Wildman–Crippen MR) is 121 cm³/mol. The van der Waals surface area contributed by atoms with Crippen molar-refractivity contribution in [3.63, 3.8) is 0 Å². The largest absolute Gasteiger partial charge is 0.329 e. The third-order valence-electron chi connectivity index (χ3n) is 5.77. The molecule has 1 aliphatic rings. The lowest BCUT2D eigenvalue weighted by Crippen LogP contribution is -2.40. The van der Waals surface area contributed by atoms with Crippen LogP contribution in [0.25, 0.3) is 0 Å². The van der Waals surface area contributed by atoms with Crippen LogP contribution in [0.4, 0.5) is 0 Å². The fraction of sp³-hybridized carbons (Fsp3) is 0.320. The van der Waals surface area contributed by atoms with Gasteiger partial charge in [-0.1, -0.05) is 36.4 Å². The molecule has 0 saturated carbocycles. The zero-order valence-electron chi connectivity index (χ0n) is 17.7. The number of fused-ring (bicyclic) bond motifs is 1. The van der Waals surface area contributed by atoms with E-state index in [4.69, 9.17) is 5.73 Å². The molecule has 6 heteroatoms. The van der Waals surface area contributed by atoms with E-state index in [1.807, 2.05) is 35.4 Å². The summed E-state index contributed by atoms with van der Waals surface area (Å²) >= 11 is 0. The molecule has 1 aliphatic carbocycles. The molecule has 1 amide bonds. The molecule has 2 heterocycles. The number of pyridine rings is 2. The Morgan fingerprint density at radius 1 is 1.00 bits per heavy atom. The van der Waals surface area contributed by atoms with Crippen molar-refractivity contribution >= 4 is 5.91 Å². The summed E-state index contributed by atoms with van der Waals surface area (Å²) in [6, 6.07) is 18.4. The lowest BCUT2D eigenvalue weighted by molar-refractivity contribution is -0.133. The van der Waals surface area contributed by atoms with Gasteiger partial charge in [0.25, 0.3) is 0 Å². The summed E-state index contributed by atoms with van der Waals surface area (Å²) in [5.41, 5.74) is 11.3. The predicted octanol–water partition coefficient (Wildman–Crippen LogP) is 3.13. The molecule has 0 saturated heterocycles. The van der Waals surface area contributed by atoms with Gasteiger partial charge in [0.15, 0.2) is 0 Å². The van der Waals surface area contributed by atoms with Gasteiger partial charge in [-0.25, -0.2) is 0 Å². The highest BCUT2D eigenvalue weighted by molar-refractivity contribution is 5.78. The standard InChI is InChI=1S/C25H29N5O/c26-15-24(31)30(23-8-3-5-21-6-4-14-29-25(21)23)18-20-11-9-19(10-12-20)16-27-17-22-7-1-2-13-28-22/h1-2,4,6-7,9-14,23,27H,3,5,8,15-18,26H2. The highest BCUT2D eigenvalue weighted by Crippen LogP contribution is 2.33. The lowest BCUT2D eigenvalue weighted by Gasteiger charge is -2.35. The number of hydrogen-bond donors (Lipinski definition) is 2. The minimum Gasteiger partial charge on any atom is -0.329 e. The van der Waals surface area contributed by atoms with Crippen molar-refractivity contribution < 1.29 is 4.79 Å². The molecule has 31 heavy (non-hydrogen) atoms. The number of carbonyl (C=O) groups is 1. The molecule has 1 aromatic carbocycles. The van der Waals surface area contributed by atoms with E-state index in [1.165, 1.54) is 11.1 Å². The van der Waals surface area contributed by atoms with E-state index in [0.29, 0.717) is 6.54 Å². The molecule has 0 radical (unpaired) electrons. The molecule has 1 atom stereocenters. The Labute approximate surface area is 183 Å². The number of nitrogens with two attached hydrogens (primary N) is 1. The summed E-state index contributed by atoms with van der Waals surface area (Å²) < 4.78 is 0. The molecule has 1 unspecified atom stereocenters. The van der Waals surface area contributed by atoms with Crippen LogP contribution in [0.1, 0.15) is 47.0 Å². The summed E-state index contributed by atoms with van der Waals surface area (Å²) in [6.07, 6.45) is 6.61. The van der Waals surface area contributed by atoms with E-state index in [1.54, 1.807) is 6.20 Å². The second-order valence-corrected chi connectivity index (χ2v) is 7.92. The Morgan fingerprint density at radius 2 is 1.81 bits per heavy atom. The van der Waals surface area contributed by atoms with E-state index in [-0.39, 0.29) is 18.5 Å². The monoisotopic (exact) mass is 415 g/mol. The van der Waals surface area contributed by atoms with Crippen molar-refractivity contribution in [1.82, 2.24) is 20.2 Å². The Bertz CT molecular complexity index is 990. The summed E-state index contributed by atoms with van der Waals surface area (Å²) in [5.74, 6) is -0.0374. The van der Waals surface area contributed by atoms with E-state index in [0.717, 1.165) is 49.3 Å². The fourth-order valence-electron chi connectivity index (χ4n) is 4.17. The van der Waals surface area contributed by atoms with Gasteiger partial charge in [0.2, 0.25) is 5.91 Å². The average Bonchev–Trinajstić information content (AvgIpc) is 2.83. The minimum atomic E-state index is -0.0374. The van der Waals surface area contributed by atoms with E-state index < -0.39 is 0 Å². The van der Waals surface area contributed by atoms with Crippen LogP contribution < -0.4 is 11.1 Å². The topological polar surface area (TPSA) is 84.1 Å². The van der Waals surface area contributed by atoms with Crippen LogP contribution in [0, 0.1) is 0 Å². The van der Waals surface area contributed by atoms with E-state index >= 15 is 0 Å². The number of nitrogens with one attached hydrogen (secondary N) is 1. The SMILES string of the molecule is NCC(=O)N(Cc1ccc(CNCc2ccccn2)cc1)C1CCCc2cccnc21. The number of amides is 1. The summed E-state index contributed by atoms with van der Waals surface area (Å²) in [5, 5.41) is 3.42. The molecule has 6 nitrogen and oxygen atoms in total. The highest BCUT2D eigenvalue weighted by Gasteiger charge is 2.29. The van der Waals surface area contributed by atoms with Crippen LogP contribution in [0.15, 0.2) is 67.0 Å². The van der Waals surface area contributed by atoms with Crippen LogP contribution in [0.5, 0.6) is 0 Å². The first-order chi connectivity index (χ1) is 15.2. The minimum absolute atomic E-state index is 0.00813. The first-order valence-electron chi connectivity index (χ1n) is 10.9. The molecule has 0 bridgehead atoms.